The lowest BCUT2D eigenvalue weighted by Crippen LogP contribution is -2.31. The topological polar surface area (TPSA) is 0 Å². The van der Waals surface area contributed by atoms with Crippen LogP contribution in [-0.2, 0) is 4.08 Å². The number of benzene rings is 2. The molecule has 0 aromatic heterocycles. The van der Waals surface area contributed by atoms with Gasteiger partial charge in [-0.15, -0.1) is 23.5 Å². The van der Waals surface area contributed by atoms with Crippen molar-refractivity contribution >= 4 is 23.5 Å². The first-order chi connectivity index (χ1) is 9.34. The Morgan fingerprint density at radius 1 is 1.05 bits per heavy atom. The van der Waals surface area contributed by atoms with Gasteiger partial charge in [-0.1, -0.05) is 67.6 Å². The predicted molar refractivity (Wildman–Crippen MR) is 87.6 cm³/mol. The summed E-state index contributed by atoms with van der Waals surface area (Å²) in [6.07, 6.45) is 1.24. The molecule has 1 heterocycles. The molecule has 0 bridgehead atoms. The summed E-state index contributed by atoms with van der Waals surface area (Å²) in [5, 5.41) is 0.653. The second-order valence-electron chi connectivity index (χ2n) is 4.77. The largest absolute Gasteiger partial charge is 0.140 e. The third-order valence-electron chi connectivity index (χ3n) is 3.55. The third-order valence-corrected chi connectivity index (χ3v) is 6.86. The average molecular weight is 286 g/mol. The summed E-state index contributed by atoms with van der Waals surface area (Å²) >= 11 is 4.19. The van der Waals surface area contributed by atoms with E-state index in [-0.39, 0.29) is 4.08 Å². The van der Waals surface area contributed by atoms with Gasteiger partial charge in [0.15, 0.2) is 0 Å². The Balaban J connectivity index is 1.80. The van der Waals surface area contributed by atoms with Crippen LogP contribution in [0.4, 0.5) is 0 Å². The molecule has 0 unspecified atom stereocenters. The highest BCUT2D eigenvalue weighted by atomic mass is 32.2. The first kappa shape index (κ1) is 13.1. The van der Waals surface area contributed by atoms with E-state index in [1.54, 1.807) is 0 Å². The van der Waals surface area contributed by atoms with Gasteiger partial charge in [-0.05, 0) is 23.3 Å². The first-order valence-corrected chi connectivity index (χ1v) is 8.63. The fourth-order valence-corrected chi connectivity index (χ4v) is 6.06. The fourth-order valence-electron chi connectivity index (χ4n) is 2.61. The number of thioether (sulfide) groups is 2. The van der Waals surface area contributed by atoms with Crippen molar-refractivity contribution in [1.29, 1.82) is 0 Å². The normalized spacial score (nSPS) is 25.8. The zero-order valence-corrected chi connectivity index (χ0v) is 12.7. The monoisotopic (exact) mass is 286 g/mol. The first-order valence-electron chi connectivity index (χ1n) is 6.76. The molecule has 0 N–H and O–H groups in total. The van der Waals surface area contributed by atoms with Gasteiger partial charge in [-0.3, -0.25) is 0 Å². The molecule has 98 valence electrons. The minimum Gasteiger partial charge on any atom is -0.140 e. The molecule has 1 fully saturated rings. The average Bonchev–Trinajstić information content (AvgIpc) is 2.44. The van der Waals surface area contributed by atoms with E-state index in [0.717, 1.165) is 0 Å². The van der Waals surface area contributed by atoms with Crippen LogP contribution >= 0.6 is 23.5 Å². The van der Waals surface area contributed by atoms with E-state index in [2.05, 4.69) is 91.1 Å². The van der Waals surface area contributed by atoms with Crippen LogP contribution in [0, 0.1) is 0 Å². The molecule has 3 rings (SSSR count). The van der Waals surface area contributed by atoms with E-state index in [0.29, 0.717) is 5.25 Å². The third kappa shape index (κ3) is 2.56. The molecule has 2 aromatic carbocycles. The van der Waals surface area contributed by atoms with Gasteiger partial charge in [0.25, 0.3) is 0 Å². The van der Waals surface area contributed by atoms with Gasteiger partial charge in [0.05, 0.1) is 4.08 Å². The minimum atomic E-state index is 0.274. The van der Waals surface area contributed by atoms with Crippen molar-refractivity contribution in [3.63, 3.8) is 0 Å². The summed E-state index contributed by atoms with van der Waals surface area (Å²) in [6.45, 7) is 2.26. The molecule has 0 radical (unpaired) electrons. The summed E-state index contributed by atoms with van der Waals surface area (Å²) in [6, 6.07) is 21.9. The lowest BCUT2D eigenvalue weighted by atomic mass is 10.0. The van der Waals surface area contributed by atoms with E-state index in [1.807, 2.05) is 0 Å². The molecule has 2 atom stereocenters. The van der Waals surface area contributed by atoms with Crippen LogP contribution < -0.4 is 0 Å². The lowest BCUT2D eigenvalue weighted by molar-refractivity contribution is 0.674. The van der Waals surface area contributed by atoms with Gasteiger partial charge in [0.1, 0.15) is 0 Å². The van der Waals surface area contributed by atoms with Crippen molar-refractivity contribution in [2.75, 3.05) is 5.75 Å². The van der Waals surface area contributed by atoms with Crippen molar-refractivity contribution in [3.05, 3.63) is 71.8 Å². The maximum absolute atomic E-state index is 2.27. The van der Waals surface area contributed by atoms with E-state index in [1.165, 1.54) is 23.3 Å². The molecule has 0 spiro atoms. The molecule has 1 aliphatic rings. The number of hydrogen-bond acceptors (Lipinski definition) is 2. The SMILES string of the molecule is CCS[C@@]1(c2ccccc2)C[C@@H](c2ccccc2)S1. The van der Waals surface area contributed by atoms with E-state index in [9.17, 15) is 0 Å². The molecule has 0 nitrogen and oxygen atoms in total. The minimum absolute atomic E-state index is 0.274. The molecule has 2 aromatic rings. The highest BCUT2D eigenvalue weighted by Gasteiger charge is 2.46. The molecule has 0 saturated carbocycles. The summed E-state index contributed by atoms with van der Waals surface area (Å²) in [5.41, 5.74) is 2.94. The van der Waals surface area contributed by atoms with Crippen LogP contribution in [0.15, 0.2) is 60.7 Å². The van der Waals surface area contributed by atoms with Gasteiger partial charge < -0.3 is 0 Å². The van der Waals surface area contributed by atoms with Crippen LogP contribution in [0.5, 0.6) is 0 Å². The molecule has 2 heteroatoms. The molecule has 1 saturated heterocycles. The summed E-state index contributed by atoms with van der Waals surface area (Å²) < 4.78 is 0.274. The maximum Gasteiger partial charge on any atom is 0.0879 e. The van der Waals surface area contributed by atoms with Crippen LogP contribution in [0.2, 0.25) is 0 Å². The standard InChI is InChI=1S/C17H18S2/c1-2-18-17(15-11-7-4-8-12-15)13-16(19-17)14-9-5-3-6-10-14/h3-12,16H,2,13H2,1H3/t16-,17-/m0/s1. The Labute approximate surface area is 124 Å². The zero-order chi connectivity index (χ0) is 13.1. The Kier molecular flexibility index (Phi) is 3.90. The molecule has 19 heavy (non-hydrogen) atoms. The highest BCUT2D eigenvalue weighted by Crippen LogP contribution is 2.67. The van der Waals surface area contributed by atoms with Crippen molar-refractivity contribution < 1.29 is 0 Å². The maximum atomic E-state index is 2.27. The van der Waals surface area contributed by atoms with Crippen LogP contribution in [0.3, 0.4) is 0 Å². The molecule has 0 aliphatic carbocycles. The molecular weight excluding hydrogens is 268 g/mol. The van der Waals surface area contributed by atoms with Gasteiger partial charge in [0, 0.05) is 5.25 Å². The second kappa shape index (κ2) is 5.64. The van der Waals surface area contributed by atoms with Crippen LogP contribution in [0.25, 0.3) is 0 Å². The summed E-state index contributed by atoms with van der Waals surface area (Å²) in [5.74, 6) is 1.17. The Morgan fingerprint density at radius 2 is 1.63 bits per heavy atom. The van der Waals surface area contributed by atoms with Crippen LogP contribution in [0.1, 0.15) is 29.7 Å². The van der Waals surface area contributed by atoms with Crippen molar-refractivity contribution in [1.82, 2.24) is 0 Å². The smallest absolute Gasteiger partial charge is 0.0879 e. The quantitative estimate of drug-likeness (QED) is 0.731. The van der Waals surface area contributed by atoms with E-state index >= 15 is 0 Å². The van der Waals surface area contributed by atoms with Crippen molar-refractivity contribution in [3.8, 4) is 0 Å². The molecule has 0 amide bonds. The van der Waals surface area contributed by atoms with Gasteiger partial charge in [-0.25, -0.2) is 0 Å². The van der Waals surface area contributed by atoms with E-state index in [4.69, 9.17) is 0 Å². The summed E-state index contributed by atoms with van der Waals surface area (Å²) in [4.78, 5) is 0. The fraction of sp³-hybridized carbons (Fsp3) is 0.294. The Bertz CT molecular complexity index is 515. The highest BCUT2D eigenvalue weighted by molar-refractivity contribution is 8.18. The molecular formula is C17H18S2. The van der Waals surface area contributed by atoms with Crippen molar-refractivity contribution in [2.45, 2.75) is 22.7 Å². The van der Waals surface area contributed by atoms with Crippen LogP contribution in [-0.4, -0.2) is 5.75 Å². The molecule has 1 aliphatic heterocycles. The van der Waals surface area contributed by atoms with Gasteiger partial charge in [0.2, 0.25) is 0 Å². The van der Waals surface area contributed by atoms with Gasteiger partial charge >= 0.3 is 0 Å². The zero-order valence-electron chi connectivity index (χ0n) is 11.1. The van der Waals surface area contributed by atoms with E-state index < -0.39 is 0 Å². The van der Waals surface area contributed by atoms with Crippen molar-refractivity contribution in [2.24, 2.45) is 0 Å². The Morgan fingerprint density at radius 3 is 2.21 bits per heavy atom. The Hall–Kier alpha value is -0.860. The van der Waals surface area contributed by atoms with Gasteiger partial charge in [-0.2, -0.15) is 0 Å². The predicted octanol–water partition coefficient (Wildman–Crippen LogP) is 5.47. The summed E-state index contributed by atoms with van der Waals surface area (Å²) in [7, 11) is 0. The number of rotatable bonds is 4. The number of hydrogen-bond donors (Lipinski definition) is 0. The second-order valence-corrected chi connectivity index (χ2v) is 8.10. The lowest BCUT2D eigenvalue weighted by Gasteiger charge is -2.47.